The molecule has 55 heavy (non-hydrogen) atoms. The van der Waals surface area contributed by atoms with Gasteiger partial charge in [0.15, 0.2) is 5.82 Å². The number of nitrogens with one attached hydrogen (secondary N) is 4. The molecule has 0 spiro atoms. The average Bonchev–Trinajstić information content (AvgIpc) is 3.06. The molecule has 4 aromatic rings. The zero-order valence-corrected chi connectivity index (χ0v) is 34.5. The van der Waals surface area contributed by atoms with Crippen LogP contribution in [-0.4, -0.2) is 61.6 Å². The molecule has 0 bridgehead atoms. The van der Waals surface area contributed by atoms with Crippen molar-refractivity contribution in [3.63, 3.8) is 0 Å². The van der Waals surface area contributed by atoms with Crippen molar-refractivity contribution in [1.29, 1.82) is 0 Å². The van der Waals surface area contributed by atoms with Crippen LogP contribution in [0.25, 0.3) is 0 Å². The number of esters is 1. The van der Waals surface area contributed by atoms with E-state index < -0.39 is 23.2 Å². The van der Waals surface area contributed by atoms with Gasteiger partial charge in [0, 0.05) is 23.8 Å². The summed E-state index contributed by atoms with van der Waals surface area (Å²) in [5, 5.41) is 5.61. The molecule has 2 aromatic carbocycles. The van der Waals surface area contributed by atoms with Gasteiger partial charge in [0.05, 0.1) is 12.1 Å². The van der Waals surface area contributed by atoms with Gasteiger partial charge < -0.3 is 25.8 Å². The summed E-state index contributed by atoms with van der Waals surface area (Å²) < 4.78 is 9.95. The molecule has 15 nitrogen and oxygen atoms in total. The number of aryl methyl sites for hydroxylation is 4. The quantitative estimate of drug-likeness (QED) is 0.0523. The molecule has 18 heteroatoms. The molecule has 6 N–H and O–H groups in total. The van der Waals surface area contributed by atoms with Gasteiger partial charge in [-0.1, -0.05) is 48.0 Å². The van der Waals surface area contributed by atoms with Crippen molar-refractivity contribution in [2.24, 2.45) is 5.73 Å². The molecule has 296 valence electrons. The summed E-state index contributed by atoms with van der Waals surface area (Å²) in [6.07, 6.45) is 1.86. The molecule has 0 saturated carbocycles. The summed E-state index contributed by atoms with van der Waals surface area (Å²) in [6, 6.07) is 11.5. The number of hydrazine groups is 1. The van der Waals surface area contributed by atoms with E-state index in [9.17, 15) is 19.2 Å². The minimum absolute atomic E-state index is 0.00798. The molecule has 0 aliphatic carbocycles. The predicted molar refractivity (Wildman–Crippen MR) is 215 cm³/mol. The molecule has 3 amide bonds. The summed E-state index contributed by atoms with van der Waals surface area (Å²) in [7, 11) is 0. The van der Waals surface area contributed by atoms with E-state index in [4.69, 9.17) is 50.0 Å². The maximum absolute atomic E-state index is 12.7. The Morgan fingerprint density at radius 1 is 0.673 bits per heavy atom. The normalized spacial score (nSPS) is 10.7. The van der Waals surface area contributed by atoms with Crippen molar-refractivity contribution in [3.8, 4) is 0 Å². The number of carbonyl (C=O) groups is 4. The van der Waals surface area contributed by atoms with E-state index in [1.54, 1.807) is 41.5 Å². The molecule has 2 aromatic heterocycles. The standard InChI is InChI=1S/C18H22ClN5O3.C13H11Cl2N3O.C6H13NO2/c1-10-7-6-8-11(2)13(10)21-15(25)12-9-20-16(19)22-14(12)23-24-17(26)27-18(3,4)5;1-7-4-3-5-8(2)10(7)17-12(19)9-6-16-13(15)18-11(9)14;1-6(2,3)9-5(8)4-7/h6-9H,1-5H3,(H,21,25)(H,24,26)(H,20,22,23);3-6H,1-2H3,(H,17,19);4,7H2,1-3H3. The van der Waals surface area contributed by atoms with Crippen molar-refractivity contribution < 1.29 is 28.7 Å². The highest BCUT2D eigenvalue weighted by Gasteiger charge is 2.20. The first-order valence-electron chi connectivity index (χ1n) is 16.6. The molecule has 0 unspecified atom stereocenters. The fourth-order valence-corrected chi connectivity index (χ4v) is 4.82. The highest BCUT2D eigenvalue weighted by molar-refractivity contribution is 6.34. The van der Waals surface area contributed by atoms with Gasteiger partial charge in [0.2, 0.25) is 10.6 Å². The number of para-hydroxylation sites is 2. The summed E-state index contributed by atoms with van der Waals surface area (Å²) in [4.78, 5) is 62.4. The number of ether oxygens (including phenoxy) is 2. The summed E-state index contributed by atoms with van der Waals surface area (Å²) in [5.41, 5.74) is 14.3. The van der Waals surface area contributed by atoms with Crippen molar-refractivity contribution >= 4 is 75.9 Å². The Hall–Kier alpha value is -5.09. The summed E-state index contributed by atoms with van der Waals surface area (Å²) in [5.74, 6) is -1.12. The number of aromatic nitrogens is 4. The third-order valence-electron chi connectivity index (χ3n) is 6.67. The smallest absolute Gasteiger partial charge is 0.426 e. The highest BCUT2D eigenvalue weighted by atomic mass is 35.5. The van der Waals surface area contributed by atoms with Gasteiger partial charge in [-0.2, -0.15) is 4.98 Å². The molecule has 0 aliphatic rings. The number of nitrogens with two attached hydrogens (primary N) is 1. The number of rotatable bonds is 7. The van der Waals surface area contributed by atoms with Crippen LogP contribution in [0.4, 0.5) is 22.0 Å². The van der Waals surface area contributed by atoms with Gasteiger partial charge in [0.1, 0.15) is 21.9 Å². The zero-order valence-electron chi connectivity index (χ0n) is 32.3. The van der Waals surface area contributed by atoms with E-state index >= 15 is 0 Å². The van der Waals surface area contributed by atoms with E-state index in [0.717, 1.165) is 27.9 Å². The second kappa shape index (κ2) is 20.6. The lowest BCUT2D eigenvalue weighted by Crippen LogP contribution is -2.36. The van der Waals surface area contributed by atoms with E-state index in [0.29, 0.717) is 5.69 Å². The van der Waals surface area contributed by atoms with Gasteiger partial charge in [-0.25, -0.2) is 25.2 Å². The molecule has 0 aliphatic heterocycles. The second-order valence-corrected chi connectivity index (χ2v) is 14.8. The van der Waals surface area contributed by atoms with Crippen molar-refractivity contribution in [2.45, 2.75) is 80.4 Å². The molecule has 2 heterocycles. The number of benzene rings is 2. The maximum atomic E-state index is 12.7. The van der Waals surface area contributed by atoms with Crippen molar-refractivity contribution in [3.05, 3.63) is 97.9 Å². The predicted octanol–water partition coefficient (Wildman–Crippen LogP) is 7.79. The number of nitrogens with zero attached hydrogens (tertiary/aromatic N) is 4. The first-order valence-corrected chi connectivity index (χ1v) is 17.8. The SMILES string of the molecule is CC(C)(C)OC(=O)CN.Cc1cccc(C)c1NC(=O)c1cnc(Cl)nc1Cl.Cc1cccc(C)c1NC(=O)c1cnc(Cl)nc1NNC(=O)OC(C)(C)C. The fraction of sp³-hybridized carbons (Fsp3) is 0.351. The van der Waals surface area contributed by atoms with Gasteiger partial charge in [-0.05, 0) is 115 Å². The van der Waals surface area contributed by atoms with E-state index in [2.05, 4.69) is 41.4 Å². The Balaban J connectivity index is 0.000000323. The van der Waals surface area contributed by atoms with Gasteiger partial charge >= 0.3 is 12.1 Å². The lowest BCUT2D eigenvalue weighted by atomic mass is 10.1. The van der Waals surface area contributed by atoms with E-state index in [1.807, 2.05) is 64.1 Å². The minimum atomic E-state index is -0.724. The van der Waals surface area contributed by atoms with Gasteiger partial charge in [-0.15, -0.1) is 0 Å². The van der Waals surface area contributed by atoms with Crippen LogP contribution in [0.1, 0.15) is 84.5 Å². The lowest BCUT2D eigenvalue weighted by Gasteiger charge is -2.20. The second-order valence-electron chi connectivity index (χ2n) is 13.7. The number of carbonyl (C=O) groups excluding carboxylic acids is 4. The molecule has 0 radical (unpaired) electrons. The summed E-state index contributed by atoms with van der Waals surface area (Å²) in [6.45, 7) is 18.2. The minimum Gasteiger partial charge on any atom is -0.459 e. The van der Waals surface area contributed by atoms with E-state index in [1.165, 1.54) is 12.4 Å². The highest BCUT2D eigenvalue weighted by Crippen LogP contribution is 2.24. The van der Waals surface area contributed by atoms with Gasteiger partial charge in [-0.3, -0.25) is 19.8 Å². The van der Waals surface area contributed by atoms with Crippen LogP contribution in [-0.2, 0) is 14.3 Å². The molecule has 4 rings (SSSR count). The van der Waals surface area contributed by atoms with Gasteiger partial charge in [0.25, 0.3) is 11.8 Å². The van der Waals surface area contributed by atoms with Crippen LogP contribution in [0.5, 0.6) is 0 Å². The monoisotopic (exact) mass is 817 g/mol. The third-order valence-corrected chi connectivity index (χ3v) is 7.32. The summed E-state index contributed by atoms with van der Waals surface area (Å²) >= 11 is 17.3. The average molecular weight is 819 g/mol. The third kappa shape index (κ3) is 16.0. The Morgan fingerprint density at radius 2 is 1.09 bits per heavy atom. The Bertz CT molecular complexity index is 1960. The Labute approximate surface area is 335 Å². The molecule has 0 fully saturated rings. The maximum Gasteiger partial charge on any atom is 0.426 e. The number of hydrogen-bond acceptors (Lipinski definition) is 12. The molecule has 0 atom stereocenters. The van der Waals surface area contributed by atoms with Crippen LogP contribution in [0, 0.1) is 27.7 Å². The van der Waals surface area contributed by atoms with Crippen LogP contribution >= 0.6 is 34.8 Å². The number of amides is 3. The van der Waals surface area contributed by atoms with Crippen molar-refractivity contribution in [1.82, 2.24) is 25.4 Å². The number of anilines is 3. The molecule has 0 saturated heterocycles. The first kappa shape index (κ1) is 46.1. The lowest BCUT2D eigenvalue weighted by molar-refractivity contribution is -0.152. The number of hydrogen-bond donors (Lipinski definition) is 5. The molecular formula is C37H46Cl3N9O6. The Morgan fingerprint density at radius 3 is 1.49 bits per heavy atom. The van der Waals surface area contributed by atoms with Crippen LogP contribution in [0.3, 0.4) is 0 Å². The van der Waals surface area contributed by atoms with Crippen LogP contribution < -0.4 is 27.2 Å². The van der Waals surface area contributed by atoms with Crippen molar-refractivity contribution in [2.75, 3.05) is 22.6 Å². The first-order chi connectivity index (χ1) is 25.5. The number of halogens is 3. The molecular weight excluding hydrogens is 773 g/mol. The van der Waals surface area contributed by atoms with E-state index in [-0.39, 0.29) is 51.1 Å². The zero-order chi connectivity index (χ0) is 41.7. The van der Waals surface area contributed by atoms with Crippen LogP contribution in [0.15, 0.2) is 48.8 Å². The topological polar surface area (TPSA) is 212 Å². The van der Waals surface area contributed by atoms with Crippen LogP contribution in [0.2, 0.25) is 15.7 Å². The Kier molecular flexibility index (Phi) is 17.2. The fourth-order valence-electron chi connectivity index (χ4n) is 4.30. The largest absolute Gasteiger partial charge is 0.459 e.